The van der Waals surface area contributed by atoms with Crippen LogP contribution in [0.2, 0.25) is 0 Å². The molecule has 0 unspecified atom stereocenters. The molecule has 0 aliphatic heterocycles. The van der Waals surface area contributed by atoms with E-state index in [-0.39, 0.29) is 0 Å². The van der Waals surface area contributed by atoms with Gasteiger partial charge in [-0.2, -0.15) is 0 Å². The van der Waals surface area contributed by atoms with Gasteiger partial charge in [0.15, 0.2) is 0 Å². The summed E-state index contributed by atoms with van der Waals surface area (Å²) < 4.78 is 7.71. The number of ether oxygens (including phenoxy) is 1. The van der Waals surface area contributed by atoms with Crippen molar-refractivity contribution < 1.29 is 4.74 Å². The van der Waals surface area contributed by atoms with Gasteiger partial charge in [0.2, 0.25) is 0 Å². The fourth-order valence-corrected chi connectivity index (χ4v) is 3.19. The molecule has 1 rings (SSSR count). The van der Waals surface area contributed by atoms with Crippen molar-refractivity contribution in [2.24, 2.45) is 0 Å². The Hall–Kier alpha value is 0.410. The Bertz CT molecular complexity index is 311. The van der Waals surface area contributed by atoms with Crippen molar-refractivity contribution in [3.63, 3.8) is 0 Å². The Morgan fingerprint density at radius 3 is 2.24 bits per heavy atom. The van der Waals surface area contributed by atoms with Crippen LogP contribution < -0.4 is 4.74 Å². The van der Waals surface area contributed by atoms with E-state index in [1.165, 1.54) is 32.1 Å². The van der Waals surface area contributed by atoms with Gasteiger partial charge < -0.3 is 4.74 Å². The van der Waals surface area contributed by atoms with E-state index in [0.29, 0.717) is 0 Å². The van der Waals surface area contributed by atoms with E-state index in [0.717, 1.165) is 26.2 Å². The van der Waals surface area contributed by atoms with E-state index in [1.807, 2.05) is 12.1 Å². The molecule has 0 atom stereocenters. The van der Waals surface area contributed by atoms with Crippen LogP contribution in [-0.4, -0.2) is 11.6 Å². The summed E-state index contributed by atoms with van der Waals surface area (Å²) in [4.78, 5) is 4.31. The van der Waals surface area contributed by atoms with Crippen LogP contribution in [0.5, 0.6) is 5.75 Å². The third-order valence-electron chi connectivity index (χ3n) is 2.50. The second-order valence-electron chi connectivity index (χ2n) is 4.06. The van der Waals surface area contributed by atoms with Crippen molar-refractivity contribution in [2.45, 2.75) is 45.4 Å². The number of hydrogen-bond donors (Lipinski definition) is 0. The maximum atomic E-state index is 5.72. The highest BCUT2D eigenvalue weighted by atomic mass is 127. The third-order valence-corrected chi connectivity index (χ3v) is 3.61. The highest BCUT2D eigenvalue weighted by Crippen LogP contribution is 2.17. The molecule has 0 spiro atoms. The Morgan fingerprint density at radius 1 is 1.00 bits per heavy atom. The molecule has 0 saturated carbocycles. The number of halogens is 2. The summed E-state index contributed by atoms with van der Waals surface area (Å²) in [6.45, 7) is 3.07. The Morgan fingerprint density at radius 2 is 1.59 bits per heavy atom. The van der Waals surface area contributed by atoms with Gasteiger partial charge >= 0.3 is 0 Å². The van der Waals surface area contributed by atoms with Crippen molar-refractivity contribution in [3.8, 4) is 5.75 Å². The molecule has 0 bridgehead atoms. The lowest BCUT2D eigenvalue weighted by molar-refractivity contribution is 0.303. The number of rotatable bonds is 8. The molecule has 1 aromatic rings. The van der Waals surface area contributed by atoms with Crippen molar-refractivity contribution in [3.05, 3.63) is 19.5 Å². The first-order valence-electron chi connectivity index (χ1n) is 6.18. The predicted molar refractivity (Wildman–Crippen MR) is 88.5 cm³/mol. The van der Waals surface area contributed by atoms with E-state index in [1.54, 1.807) is 0 Å². The number of aromatic nitrogens is 1. The van der Waals surface area contributed by atoms with Crippen molar-refractivity contribution in [1.82, 2.24) is 4.98 Å². The first kappa shape index (κ1) is 15.5. The van der Waals surface area contributed by atoms with Crippen LogP contribution >= 0.6 is 45.2 Å². The molecule has 1 aromatic heterocycles. The lowest BCUT2D eigenvalue weighted by Gasteiger charge is -2.06. The van der Waals surface area contributed by atoms with E-state index in [4.69, 9.17) is 4.74 Å². The maximum Gasteiger partial charge on any atom is 0.124 e. The van der Waals surface area contributed by atoms with Crippen molar-refractivity contribution in [1.29, 1.82) is 0 Å². The average molecular weight is 459 g/mol. The van der Waals surface area contributed by atoms with E-state index in [2.05, 4.69) is 57.1 Å². The minimum Gasteiger partial charge on any atom is -0.493 e. The van der Waals surface area contributed by atoms with Crippen LogP contribution in [-0.2, 0) is 0 Å². The zero-order chi connectivity index (χ0) is 12.5. The SMILES string of the molecule is CCCCCCCCOc1cc(I)nc(I)c1. The number of unbranched alkanes of at least 4 members (excludes halogenated alkanes) is 5. The summed E-state index contributed by atoms with van der Waals surface area (Å²) in [5.74, 6) is 0.947. The second kappa shape index (κ2) is 9.35. The monoisotopic (exact) mass is 459 g/mol. The Balaban J connectivity index is 2.13. The van der Waals surface area contributed by atoms with Gasteiger partial charge in [-0.15, -0.1) is 0 Å². The second-order valence-corrected chi connectivity index (χ2v) is 6.28. The molecule has 0 fully saturated rings. The summed E-state index contributed by atoms with van der Waals surface area (Å²) in [6, 6.07) is 3.97. The number of pyridine rings is 1. The average Bonchev–Trinajstić information content (AvgIpc) is 2.26. The highest BCUT2D eigenvalue weighted by Gasteiger charge is 1.99. The van der Waals surface area contributed by atoms with Gasteiger partial charge in [0, 0.05) is 12.1 Å². The number of hydrogen-bond acceptors (Lipinski definition) is 2. The van der Waals surface area contributed by atoms with Crippen LogP contribution in [0.4, 0.5) is 0 Å². The molecule has 2 nitrogen and oxygen atoms in total. The van der Waals surface area contributed by atoms with E-state index >= 15 is 0 Å². The molecule has 0 aliphatic carbocycles. The van der Waals surface area contributed by atoms with Gasteiger partial charge in [-0.05, 0) is 51.6 Å². The first-order chi connectivity index (χ1) is 8.22. The summed E-state index contributed by atoms with van der Waals surface area (Å²) in [7, 11) is 0. The zero-order valence-electron chi connectivity index (χ0n) is 10.2. The molecular formula is C13H19I2NO. The minimum atomic E-state index is 0.822. The van der Waals surface area contributed by atoms with Gasteiger partial charge in [0.25, 0.3) is 0 Å². The summed E-state index contributed by atoms with van der Waals surface area (Å²) in [5, 5.41) is 0. The van der Waals surface area contributed by atoms with Crippen molar-refractivity contribution >= 4 is 45.2 Å². The quantitative estimate of drug-likeness (QED) is 0.309. The van der Waals surface area contributed by atoms with E-state index in [9.17, 15) is 0 Å². The molecular weight excluding hydrogens is 440 g/mol. The predicted octanol–water partition coefficient (Wildman–Crippen LogP) is 5.03. The van der Waals surface area contributed by atoms with Gasteiger partial charge in [0.1, 0.15) is 13.2 Å². The van der Waals surface area contributed by atoms with Gasteiger partial charge in [-0.1, -0.05) is 39.0 Å². The maximum absolute atomic E-state index is 5.72. The number of nitrogens with zero attached hydrogens (tertiary/aromatic N) is 1. The molecule has 0 aromatic carbocycles. The Kier molecular flexibility index (Phi) is 8.51. The summed E-state index contributed by atoms with van der Waals surface area (Å²) in [6.07, 6.45) is 7.80. The molecule has 0 radical (unpaired) electrons. The fraction of sp³-hybridized carbons (Fsp3) is 0.615. The van der Waals surface area contributed by atoms with Crippen LogP contribution in [0.15, 0.2) is 12.1 Å². The summed E-state index contributed by atoms with van der Waals surface area (Å²) >= 11 is 4.44. The molecule has 0 aliphatic rings. The first-order valence-corrected chi connectivity index (χ1v) is 8.34. The molecule has 0 N–H and O–H groups in total. The topological polar surface area (TPSA) is 22.1 Å². The van der Waals surface area contributed by atoms with Gasteiger partial charge in [-0.25, -0.2) is 4.98 Å². The largest absolute Gasteiger partial charge is 0.493 e. The fourth-order valence-electron chi connectivity index (χ4n) is 1.60. The molecule has 0 saturated heterocycles. The Labute approximate surface area is 131 Å². The molecule has 17 heavy (non-hydrogen) atoms. The standard InChI is InChI=1S/C13H19I2NO/c1-2-3-4-5-6-7-8-17-11-9-12(14)16-13(15)10-11/h9-10H,2-8H2,1H3. The molecule has 0 amide bonds. The zero-order valence-corrected chi connectivity index (χ0v) is 14.5. The molecule has 96 valence electrons. The van der Waals surface area contributed by atoms with E-state index < -0.39 is 0 Å². The van der Waals surface area contributed by atoms with Gasteiger partial charge in [-0.3, -0.25) is 0 Å². The van der Waals surface area contributed by atoms with Crippen LogP contribution in [0.3, 0.4) is 0 Å². The minimum absolute atomic E-state index is 0.822. The lowest BCUT2D eigenvalue weighted by Crippen LogP contribution is -1.99. The molecule has 1 heterocycles. The van der Waals surface area contributed by atoms with Crippen LogP contribution in [0.25, 0.3) is 0 Å². The van der Waals surface area contributed by atoms with Crippen LogP contribution in [0.1, 0.15) is 45.4 Å². The summed E-state index contributed by atoms with van der Waals surface area (Å²) in [5.41, 5.74) is 0. The van der Waals surface area contributed by atoms with Crippen molar-refractivity contribution in [2.75, 3.05) is 6.61 Å². The third kappa shape index (κ3) is 7.43. The molecule has 4 heteroatoms. The van der Waals surface area contributed by atoms with Gasteiger partial charge in [0.05, 0.1) is 6.61 Å². The lowest BCUT2D eigenvalue weighted by atomic mass is 10.1. The normalized spacial score (nSPS) is 10.5. The highest BCUT2D eigenvalue weighted by molar-refractivity contribution is 14.1. The smallest absolute Gasteiger partial charge is 0.124 e. The van der Waals surface area contributed by atoms with Crippen LogP contribution in [0, 0.1) is 7.40 Å².